The van der Waals surface area contributed by atoms with Crippen LogP contribution in [0, 0.1) is 20.8 Å². The number of hydrogen-bond donors (Lipinski definition) is 3. The normalized spacial score (nSPS) is 13.1. The van der Waals surface area contributed by atoms with Crippen LogP contribution in [0.15, 0.2) is 18.2 Å². The number of benzene rings is 1. The molecule has 2 aromatic rings. The summed E-state index contributed by atoms with van der Waals surface area (Å²) in [7, 11) is 0. The summed E-state index contributed by atoms with van der Waals surface area (Å²) in [5.74, 6) is 0. The molecule has 20 heavy (non-hydrogen) atoms. The van der Waals surface area contributed by atoms with E-state index >= 15 is 0 Å². The first-order valence-electron chi connectivity index (χ1n) is 7.10. The van der Waals surface area contributed by atoms with Crippen LogP contribution < -0.4 is 5.32 Å². The molecular weight excluding hydrogens is 252 g/mol. The van der Waals surface area contributed by atoms with Crippen molar-refractivity contribution in [3.8, 4) is 0 Å². The second kappa shape index (κ2) is 6.39. The van der Waals surface area contributed by atoms with Gasteiger partial charge in [0.05, 0.1) is 19.3 Å². The summed E-state index contributed by atoms with van der Waals surface area (Å²) in [6.07, 6.45) is -0.462. The third-order valence-corrected chi connectivity index (χ3v) is 3.86. The number of hydrogen-bond acceptors (Lipinski definition) is 3. The van der Waals surface area contributed by atoms with Gasteiger partial charge in [0, 0.05) is 29.7 Å². The standard InChI is InChI=1S/C16H24N2O2/c1-11-4-5-16-15(8-11)12(2)13(3)18(16)10-14(20)9-17-6-7-19/h4-5,8,14,17,19-20H,6-7,9-10H2,1-3H3. The van der Waals surface area contributed by atoms with E-state index in [9.17, 15) is 5.11 Å². The van der Waals surface area contributed by atoms with Crippen LogP contribution in [0.4, 0.5) is 0 Å². The predicted molar refractivity (Wildman–Crippen MR) is 82.1 cm³/mol. The fourth-order valence-corrected chi connectivity index (χ4v) is 2.62. The van der Waals surface area contributed by atoms with Crippen molar-refractivity contribution in [3.63, 3.8) is 0 Å². The Morgan fingerprint density at radius 1 is 1.25 bits per heavy atom. The Morgan fingerprint density at radius 3 is 2.70 bits per heavy atom. The van der Waals surface area contributed by atoms with Crippen molar-refractivity contribution in [3.05, 3.63) is 35.0 Å². The lowest BCUT2D eigenvalue weighted by atomic mass is 10.1. The van der Waals surface area contributed by atoms with Crippen LogP contribution in [-0.4, -0.2) is 40.6 Å². The van der Waals surface area contributed by atoms with Crippen molar-refractivity contribution < 1.29 is 10.2 Å². The van der Waals surface area contributed by atoms with E-state index in [-0.39, 0.29) is 6.61 Å². The minimum Gasteiger partial charge on any atom is -0.395 e. The minimum absolute atomic E-state index is 0.0938. The van der Waals surface area contributed by atoms with Crippen LogP contribution in [-0.2, 0) is 6.54 Å². The molecule has 1 atom stereocenters. The number of nitrogens with one attached hydrogen (secondary N) is 1. The van der Waals surface area contributed by atoms with Crippen LogP contribution in [0.5, 0.6) is 0 Å². The Morgan fingerprint density at radius 2 is 2.00 bits per heavy atom. The van der Waals surface area contributed by atoms with E-state index in [0.717, 1.165) is 0 Å². The molecule has 4 heteroatoms. The lowest BCUT2D eigenvalue weighted by molar-refractivity contribution is 0.149. The zero-order chi connectivity index (χ0) is 14.7. The summed E-state index contributed by atoms with van der Waals surface area (Å²) in [6.45, 7) is 7.99. The molecule has 0 aliphatic rings. The van der Waals surface area contributed by atoms with Gasteiger partial charge in [-0.15, -0.1) is 0 Å². The topological polar surface area (TPSA) is 57.4 Å². The molecule has 1 aromatic carbocycles. The maximum absolute atomic E-state index is 10.1. The van der Waals surface area contributed by atoms with Gasteiger partial charge in [-0.1, -0.05) is 11.6 Å². The summed E-state index contributed by atoms with van der Waals surface area (Å²) >= 11 is 0. The number of aliphatic hydroxyl groups excluding tert-OH is 2. The Bertz CT molecular complexity index is 590. The van der Waals surface area contributed by atoms with Crippen molar-refractivity contribution in [2.75, 3.05) is 19.7 Å². The van der Waals surface area contributed by atoms with Gasteiger partial charge in [-0.05, 0) is 38.5 Å². The molecule has 0 amide bonds. The fraction of sp³-hybridized carbons (Fsp3) is 0.500. The van der Waals surface area contributed by atoms with Crippen molar-refractivity contribution in [1.82, 2.24) is 9.88 Å². The fourth-order valence-electron chi connectivity index (χ4n) is 2.62. The van der Waals surface area contributed by atoms with Crippen LogP contribution >= 0.6 is 0 Å². The first-order valence-corrected chi connectivity index (χ1v) is 7.10. The summed E-state index contributed by atoms with van der Waals surface area (Å²) in [5.41, 5.74) is 4.90. The maximum atomic E-state index is 10.1. The average molecular weight is 276 g/mol. The molecule has 0 aliphatic carbocycles. The van der Waals surface area contributed by atoms with E-state index in [1.807, 2.05) is 0 Å². The van der Waals surface area contributed by atoms with E-state index in [4.69, 9.17) is 5.11 Å². The van der Waals surface area contributed by atoms with Gasteiger partial charge in [0.15, 0.2) is 0 Å². The van der Waals surface area contributed by atoms with Gasteiger partial charge in [0.2, 0.25) is 0 Å². The van der Waals surface area contributed by atoms with Gasteiger partial charge in [-0.25, -0.2) is 0 Å². The number of aliphatic hydroxyl groups is 2. The van der Waals surface area contributed by atoms with Gasteiger partial charge < -0.3 is 20.1 Å². The molecule has 2 rings (SSSR count). The third kappa shape index (κ3) is 3.03. The zero-order valence-electron chi connectivity index (χ0n) is 12.5. The lowest BCUT2D eigenvalue weighted by Crippen LogP contribution is -2.32. The number of rotatable bonds is 6. The monoisotopic (exact) mass is 276 g/mol. The molecule has 0 aliphatic heterocycles. The highest BCUT2D eigenvalue weighted by atomic mass is 16.3. The first kappa shape index (κ1) is 15.0. The predicted octanol–water partition coefficient (Wildman–Crippen LogP) is 1.51. The lowest BCUT2D eigenvalue weighted by Gasteiger charge is -2.15. The highest BCUT2D eigenvalue weighted by Gasteiger charge is 2.13. The van der Waals surface area contributed by atoms with Crippen molar-refractivity contribution in [2.24, 2.45) is 0 Å². The first-order chi connectivity index (χ1) is 9.54. The summed E-state index contributed by atoms with van der Waals surface area (Å²) in [4.78, 5) is 0. The Kier molecular flexibility index (Phi) is 4.81. The van der Waals surface area contributed by atoms with E-state index in [0.29, 0.717) is 19.6 Å². The van der Waals surface area contributed by atoms with Crippen molar-refractivity contribution in [2.45, 2.75) is 33.4 Å². The molecule has 1 unspecified atom stereocenters. The minimum atomic E-state index is -0.462. The zero-order valence-corrected chi connectivity index (χ0v) is 12.5. The van der Waals surface area contributed by atoms with Crippen LogP contribution in [0.25, 0.3) is 10.9 Å². The molecule has 0 radical (unpaired) electrons. The maximum Gasteiger partial charge on any atom is 0.0843 e. The van der Waals surface area contributed by atoms with Gasteiger partial charge in [0.1, 0.15) is 0 Å². The molecule has 1 aromatic heterocycles. The highest BCUT2D eigenvalue weighted by Crippen LogP contribution is 2.26. The second-order valence-electron chi connectivity index (χ2n) is 5.42. The molecule has 0 spiro atoms. The van der Waals surface area contributed by atoms with Gasteiger partial charge in [-0.2, -0.15) is 0 Å². The largest absolute Gasteiger partial charge is 0.395 e. The van der Waals surface area contributed by atoms with Crippen molar-refractivity contribution in [1.29, 1.82) is 0 Å². The number of aromatic nitrogens is 1. The highest BCUT2D eigenvalue weighted by molar-refractivity contribution is 5.85. The van der Waals surface area contributed by atoms with E-state index < -0.39 is 6.10 Å². The molecule has 3 N–H and O–H groups in total. The molecule has 0 bridgehead atoms. The molecule has 0 fully saturated rings. The van der Waals surface area contributed by atoms with Crippen LogP contribution in [0.2, 0.25) is 0 Å². The molecule has 0 saturated heterocycles. The Labute approximate surface area is 120 Å². The average Bonchev–Trinajstić information content (AvgIpc) is 2.64. The summed E-state index contributed by atoms with van der Waals surface area (Å²) in [6, 6.07) is 6.43. The van der Waals surface area contributed by atoms with Crippen LogP contribution in [0.3, 0.4) is 0 Å². The molecule has 110 valence electrons. The third-order valence-electron chi connectivity index (χ3n) is 3.86. The molecular formula is C16H24N2O2. The SMILES string of the molecule is Cc1ccc2c(c1)c(C)c(C)n2CC(O)CNCCO. The number of aryl methyl sites for hydroxylation is 2. The van der Waals surface area contributed by atoms with E-state index in [1.165, 1.54) is 27.7 Å². The van der Waals surface area contributed by atoms with Gasteiger partial charge >= 0.3 is 0 Å². The van der Waals surface area contributed by atoms with Crippen LogP contribution in [0.1, 0.15) is 16.8 Å². The summed E-state index contributed by atoms with van der Waals surface area (Å²) < 4.78 is 2.18. The molecule has 4 nitrogen and oxygen atoms in total. The Balaban J connectivity index is 2.23. The van der Waals surface area contributed by atoms with Gasteiger partial charge in [0.25, 0.3) is 0 Å². The number of nitrogens with zero attached hydrogens (tertiary/aromatic N) is 1. The van der Waals surface area contributed by atoms with E-state index in [2.05, 4.69) is 48.9 Å². The molecule has 1 heterocycles. The Hall–Kier alpha value is -1.36. The van der Waals surface area contributed by atoms with Gasteiger partial charge in [-0.3, -0.25) is 0 Å². The van der Waals surface area contributed by atoms with E-state index in [1.54, 1.807) is 0 Å². The molecule has 0 saturated carbocycles. The smallest absolute Gasteiger partial charge is 0.0843 e. The number of fused-ring (bicyclic) bond motifs is 1. The second-order valence-corrected chi connectivity index (χ2v) is 5.42. The quantitative estimate of drug-likeness (QED) is 0.701. The van der Waals surface area contributed by atoms with Crippen molar-refractivity contribution >= 4 is 10.9 Å². The summed E-state index contributed by atoms with van der Waals surface area (Å²) in [5, 5.41) is 23.1.